The average Bonchev–Trinajstić information content (AvgIpc) is 3.66. The molecule has 2 amide bonds. The summed E-state index contributed by atoms with van der Waals surface area (Å²) in [6.45, 7) is 2.12. The predicted molar refractivity (Wildman–Crippen MR) is 161 cm³/mol. The maximum absolute atomic E-state index is 14.2. The van der Waals surface area contributed by atoms with E-state index in [0.29, 0.717) is 58.6 Å². The summed E-state index contributed by atoms with van der Waals surface area (Å²) in [5.41, 5.74) is 1.52. The predicted octanol–water partition coefficient (Wildman–Crippen LogP) is 3.61. The summed E-state index contributed by atoms with van der Waals surface area (Å²) in [6.07, 6.45) is 3.56. The van der Waals surface area contributed by atoms with Gasteiger partial charge in [0.25, 0.3) is 5.91 Å². The zero-order chi connectivity index (χ0) is 31.4. The van der Waals surface area contributed by atoms with Crippen molar-refractivity contribution in [1.82, 2.24) is 10.2 Å². The molecule has 1 aliphatic heterocycles. The van der Waals surface area contributed by atoms with Crippen molar-refractivity contribution in [3.63, 3.8) is 0 Å². The van der Waals surface area contributed by atoms with Crippen LogP contribution in [0, 0.1) is 0 Å². The number of hydrogen-bond acceptors (Lipinski definition) is 9. The zero-order valence-corrected chi connectivity index (χ0v) is 25.1. The van der Waals surface area contributed by atoms with Crippen molar-refractivity contribution < 1.29 is 43.2 Å². The third-order valence-corrected chi connectivity index (χ3v) is 8.22. The molecule has 44 heavy (non-hydrogen) atoms. The van der Waals surface area contributed by atoms with Gasteiger partial charge in [-0.2, -0.15) is 0 Å². The Morgan fingerprint density at radius 1 is 1.09 bits per heavy atom. The number of nitrogens with zero attached hydrogens (tertiary/aromatic N) is 1. The van der Waals surface area contributed by atoms with Gasteiger partial charge in [-0.25, -0.2) is 0 Å². The first-order valence-corrected chi connectivity index (χ1v) is 14.9. The number of aliphatic hydroxyl groups excluding tert-OH is 2. The van der Waals surface area contributed by atoms with Crippen LogP contribution in [0.4, 0.5) is 0 Å². The highest BCUT2D eigenvalue weighted by atomic mass is 16.5. The third kappa shape index (κ3) is 5.77. The van der Waals surface area contributed by atoms with Gasteiger partial charge >= 0.3 is 0 Å². The number of para-hydroxylation sites is 1. The van der Waals surface area contributed by atoms with Crippen molar-refractivity contribution in [2.24, 2.45) is 0 Å². The SMILES string of the molecule is CCCCCCN(C(=O)c1cc2cccc(OC)c2o1)[C@@H]1C=C(C(=O)NCCO)[C@@H]2c3cc(C=O)cc(OC)c3O[C@@H]2[C@H]1O. The Kier molecular flexibility index (Phi) is 9.55. The summed E-state index contributed by atoms with van der Waals surface area (Å²) >= 11 is 0. The number of carbonyl (C=O) groups excluding carboxylic acids is 3. The van der Waals surface area contributed by atoms with Crippen LogP contribution in [0.15, 0.2) is 52.5 Å². The first-order chi connectivity index (χ1) is 21.4. The van der Waals surface area contributed by atoms with Crippen molar-refractivity contribution in [2.45, 2.75) is 56.8 Å². The lowest BCUT2D eigenvalue weighted by Gasteiger charge is -2.40. The van der Waals surface area contributed by atoms with E-state index in [2.05, 4.69) is 12.2 Å². The Morgan fingerprint density at radius 3 is 2.59 bits per heavy atom. The summed E-state index contributed by atoms with van der Waals surface area (Å²) in [7, 11) is 2.97. The second-order valence-electron chi connectivity index (χ2n) is 11.0. The fourth-order valence-corrected chi connectivity index (χ4v) is 6.10. The molecule has 234 valence electrons. The topological polar surface area (TPSA) is 148 Å². The highest BCUT2D eigenvalue weighted by molar-refractivity contribution is 5.99. The molecule has 0 saturated heterocycles. The van der Waals surface area contributed by atoms with E-state index >= 15 is 0 Å². The first kappa shape index (κ1) is 31.1. The van der Waals surface area contributed by atoms with Crippen LogP contribution in [-0.4, -0.2) is 85.4 Å². The van der Waals surface area contributed by atoms with Crippen molar-refractivity contribution in [3.8, 4) is 17.2 Å². The maximum Gasteiger partial charge on any atom is 0.290 e. The van der Waals surface area contributed by atoms with Gasteiger partial charge in [-0.15, -0.1) is 0 Å². The molecule has 5 rings (SSSR count). The fraction of sp³-hybridized carbons (Fsp3) is 0.424. The van der Waals surface area contributed by atoms with Gasteiger partial charge in [0, 0.05) is 35.2 Å². The number of aldehydes is 1. The molecule has 0 radical (unpaired) electrons. The Labute approximate surface area is 255 Å². The molecule has 4 atom stereocenters. The molecular weight excluding hydrogens is 568 g/mol. The van der Waals surface area contributed by atoms with E-state index in [1.54, 1.807) is 30.3 Å². The number of hydrogen-bond donors (Lipinski definition) is 3. The van der Waals surface area contributed by atoms with Crippen LogP contribution < -0.4 is 19.5 Å². The molecule has 11 nitrogen and oxygen atoms in total. The van der Waals surface area contributed by atoms with Gasteiger partial charge in [0.1, 0.15) is 18.5 Å². The van der Waals surface area contributed by atoms with Crippen molar-refractivity contribution in [2.75, 3.05) is 33.9 Å². The minimum absolute atomic E-state index is 0.00662. The second kappa shape index (κ2) is 13.5. The smallest absolute Gasteiger partial charge is 0.290 e. The third-order valence-electron chi connectivity index (χ3n) is 8.22. The average molecular weight is 607 g/mol. The van der Waals surface area contributed by atoms with Gasteiger partial charge < -0.3 is 39.1 Å². The van der Waals surface area contributed by atoms with E-state index in [0.717, 1.165) is 19.3 Å². The van der Waals surface area contributed by atoms with Crippen LogP contribution in [-0.2, 0) is 4.79 Å². The van der Waals surface area contributed by atoms with Crippen LogP contribution in [0.25, 0.3) is 11.0 Å². The van der Waals surface area contributed by atoms with Gasteiger partial charge in [-0.1, -0.05) is 38.3 Å². The van der Waals surface area contributed by atoms with E-state index < -0.39 is 36.0 Å². The van der Waals surface area contributed by atoms with Gasteiger partial charge in [-0.3, -0.25) is 14.4 Å². The highest BCUT2D eigenvalue weighted by Crippen LogP contribution is 2.51. The maximum atomic E-state index is 14.2. The van der Waals surface area contributed by atoms with E-state index in [9.17, 15) is 24.6 Å². The number of methoxy groups -OCH3 is 2. The number of benzene rings is 2. The molecule has 0 fully saturated rings. The molecule has 3 N–H and O–H groups in total. The van der Waals surface area contributed by atoms with Crippen LogP contribution in [0.3, 0.4) is 0 Å². The normalized spacial score (nSPS) is 20.2. The number of fused-ring (bicyclic) bond motifs is 4. The molecule has 2 heterocycles. The molecule has 1 aromatic heterocycles. The molecule has 1 aliphatic carbocycles. The molecule has 11 heteroatoms. The molecular formula is C33H38N2O9. The summed E-state index contributed by atoms with van der Waals surface area (Å²) < 4.78 is 23.2. The largest absolute Gasteiger partial charge is 0.493 e. The van der Waals surface area contributed by atoms with E-state index in [1.165, 1.54) is 25.2 Å². The lowest BCUT2D eigenvalue weighted by molar-refractivity contribution is -0.118. The number of carbonyl (C=O) groups is 3. The highest BCUT2D eigenvalue weighted by Gasteiger charge is 2.51. The lowest BCUT2D eigenvalue weighted by Crippen LogP contribution is -2.56. The van der Waals surface area contributed by atoms with Crippen LogP contribution in [0.2, 0.25) is 0 Å². The molecule has 3 aromatic rings. The Hall–Kier alpha value is -4.35. The number of rotatable bonds is 13. The number of furan rings is 1. The minimum Gasteiger partial charge on any atom is -0.493 e. The summed E-state index contributed by atoms with van der Waals surface area (Å²) in [4.78, 5) is 41.0. The van der Waals surface area contributed by atoms with Gasteiger partial charge in [0.15, 0.2) is 28.6 Å². The number of aliphatic hydroxyl groups is 2. The Balaban J connectivity index is 1.59. The summed E-state index contributed by atoms with van der Waals surface area (Å²) in [5, 5.41) is 24.6. The number of unbranched alkanes of at least 4 members (excludes halogenated alkanes) is 3. The van der Waals surface area contributed by atoms with Crippen LogP contribution in [0.1, 0.15) is 65.0 Å². The van der Waals surface area contributed by atoms with Crippen LogP contribution >= 0.6 is 0 Å². The molecule has 0 unspecified atom stereocenters. The first-order valence-electron chi connectivity index (χ1n) is 14.9. The second-order valence-corrected chi connectivity index (χ2v) is 11.0. The van der Waals surface area contributed by atoms with E-state index in [1.807, 2.05) is 6.07 Å². The quantitative estimate of drug-likeness (QED) is 0.196. The fourth-order valence-electron chi connectivity index (χ4n) is 6.10. The monoisotopic (exact) mass is 606 g/mol. The molecule has 0 saturated carbocycles. The minimum atomic E-state index is -1.25. The van der Waals surface area contributed by atoms with Crippen LogP contribution in [0.5, 0.6) is 17.2 Å². The van der Waals surface area contributed by atoms with Gasteiger partial charge in [0.05, 0.1) is 32.8 Å². The number of amides is 2. The Bertz CT molecular complexity index is 1560. The van der Waals surface area contributed by atoms with Gasteiger partial charge in [0.2, 0.25) is 5.91 Å². The molecule has 0 bridgehead atoms. The zero-order valence-electron chi connectivity index (χ0n) is 25.1. The van der Waals surface area contributed by atoms with E-state index in [-0.39, 0.29) is 24.5 Å². The van der Waals surface area contributed by atoms with Crippen molar-refractivity contribution in [1.29, 1.82) is 0 Å². The van der Waals surface area contributed by atoms with E-state index in [4.69, 9.17) is 18.6 Å². The molecule has 0 spiro atoms. The van der Waals surface area contributed by atoms with Crippen molar-refractivity contribution in [3.05, 3.63) is 64.9 Å². The summed E-state index contributed by atoms with van der Waals surface area (Å²) in [5.74, 6) is -0.520. The Morgan fingerprint density at radius 2 is 1.89 bits per heavy atom. The standard InChI is InChI=1S/C33H38N2O9/c1-4-5-6-7-12-35(33(40)26-16-20-9-8-10-24(41-2)29(20)43-26)23-17-22(32(39)34-11-13-36)27-21-14-19(18-37)15-25(42-3)30(21)44-31(27)28(23)38/h8-10,14-18,23,27-28,31,36,38H,4-7,11-13H2,1-3H3,(H,34,39)/t23-,27+,28+,31+/m1/s1. The summed E-state index contributed by atoms with van der Waals surface area (Å²) in [6, 6.07) is 9.19. The van der Waals surface area contributed by atoms with Crippen molar-refractivity contribution >= 4 is 29.1 Å². The lowest BCUT2D eigenvalue weighted by atomic mass is 9.77. The number of ether oxygens (including phenoxy) is 3. The van der Waals surface area contributed by atoms with Gasteiger partial charge in [-0.05, 0) is 36.8 Å². The molecule has 2 aliphatic rings. The molecule has 2 aromatic carbocycles. The number of nitrogens with one attached hydrogen (secondary N) is 1.